The van der Waals surface area contributed by atoms with E-state index in [9.17, 15) is 18.0 Å². The van der Waals surface area contributed by atoms with Crippen LogP contribution < -0.4 is 10.6 Å². The number of nitrogens with two attached hydrogens (primary N) is 1. The molecule has 1 atom stereocenters. The average Bonchev–Trinajstić information content (AvgIpc) is 2.69. The highest BCUT2D eigenvalue weighted by Crippen LogP contribution is 2.37. The van der Waals surface area contributed by atoms with Crippen LogP contribution in [0, 0.1) is 5.92 Å². The van der Waals surface area contributed by atoms with Crippen molar-refractivity contribution in [3.05, 3.63) is 28.2 Å². The molecule has 1 aliphatic heterocycles. The molecular formula is C12H12BrF3N2O. The SMILES string of the molecule is NCC1CC(=O)N(c2ccc(C(F)(F)F)cc2Br)C1. The number of anilines is 1. The van der Waals surface area contributed by atoms with Crippen molar-refractivity contribution in [2.45, 2.75) is 12.6 Å². The third-order valence-corrected chi connectivity index (χ3v) is 3.74. The summed E-state index contributed by atoms with van der Waals surface area (Å²) in [5.74, 6) is -0.0578. The zero-order valence-electron chi connectivity index (χ0n) is 9.88. The van der Waals surface area contributed by atoms with Crippen LogP contribution in [-0.2, 0) is 11.0 Å². The molecule has 0 saturated carbocycles. The van der Waals surface area contributed by atoms with Crippen molar-refractivity contribution in [2.75, 3.05) is 18.0 Å². The fourth-order valence-corrected chi connectivity index (χ4v) is 2.67. The van der Waals surface area contributed by atoms with E-state index >= 15 is 0 Å². The van der Waals surface area contributed by atoms with Gasteiger partial charge in [0.1, 0.15) is 0 Å². The van der Waals surface area contributed by atoms with Crippen LogP contribution in [0.25, 0.3) is 0 Å². The molecule has 1 aromatic carbocycles. The molecular weight excluding hydrogens is 325 g/mol. The van der Waals surface area contributed by atoms with E-state index in [0.29, 0.717) is 25.2 Å². The topological polar surface area (TPSA) is 46.3 Å². The first-order chi connectivity index (χ1) is 8.82. The minimum atomic E-state index is -4.39. The van der Waals surface area contributed by atoms with Crippen molar-refractivity contribution in [1.82, 2.24) is 0 Å². The van der Waals surface area contributed by atoms with E-state index in [2.05, 4.69) is 15.9 Å². The Bertz CT molecular complexity index is 504. The van der Waals surface area contributed by atoms with E-state index in [1.54, 1.807) is 0 Å². The van der Waals surface area contributed by atoms with Crippen LogP contribution in [0.3, 0.4) is 0 Å². The molecule has 1 aromatic rings. The second-order valence-electron chi connectivity index (χ2n) is 4.47. The Balaban J connectivity index is 2.30. The highest BCUT2D eigenvalue weighted by molar-refractivity contribution is 9.10. The van der Waals surface area contributed by atoms with Crippen LogP contribution in [0.1, 0.15) is 12.0 Å². The molecule has 2 N–H and O–H groups in total. The predicted molar refractivity (Wildman–Crippen MR) is 68.7 cm³/mol. The summed E-state index contributed by atoms with van der Waals surface area (Å²) in [5, 5.41) is 0. The van der Waals surface area contributed by atoms with Crippen molar-refractivity contribution in [2.24, 2.45) is 11.7 Å². The van der Waals surface area contributed by atoms with Gasteiger partial charge in [-0.05, 0) is 46.6 Å². The highest BCUT2D eigenvalue weighted by atomic mass is 79.9. The van der Waals surface area contributed by atoms with E-state index in [4.69, 9.17) is 5.73 Å². The van der Waals surface area contributed by atoms with Crippen LogP contribution in [0.15, 0.2) is 22.7 Å². The summed E-state index contributed by atoms with van der Waals surface area (Å²) in [7, 11) is 0. The molecule has 1 heterocycles. The molecule has 0 aliphatic carbocycles. The zero-order valence-corrected chi connectivity index (χ0v) is 11.5. The van der Waals surface area contributed by atoms with Crippen LogP contribution in [0.4, 0.5) is 18.9 Å². The number of carbonyl (C=O) groups is 1. The number of alkyl halides is 3. The Morgan fingerprint density at radius 2 is 2.11 bits per heavy atom. The van der Waals surface area contributed by atoms with Crippen LogP contribution in [0.5, 0.6) is 0 Å². The first kappa shape index (κ1) is 14.3. The van der Waals surface area contributed by atoms with Gasteiger partial charge in [0.05, 0.1) is 11.3 Å². The van der Waals surface area contributed by atoms with Gasteiger partial charge < -0.3 is 10.6 Å². The maximum absolute atomic E-state index is 12.6. The third-order valence-electron chi connectivity index (χ3n) is 3.10. The molecule has 0 spiro atoms. The predicted octanol–water partition coefficient (Wildman–Crippen LogP) is 2.78. The summed E-state index contributed by atoms with van der Waals surface area (Å²) in [6.45, 7) is 0.833. The molecule has 1 fully saturated rings. The van der Waals surface area contributed by atoms with Crippen molar-refractivity contribution in [1.29, 1.82) is 0 Å². The van der Waals surface area contributed by atoms with Gasteiger partial charge in [-0.2, -0.15) is 13.2 Å². The highest BCUT2D eigenvalue weighted by Gasteiger charge is 2.34. The minimum absolute atomic E-state index is 0.0571. The summed E-state index contributed by atoms with van der Waals surface area (Å²) in [5.41, 5.74) is 5.22. The lowest BCUT2D eigenvalue weighted by atomic mass is 10.1. The van der Waals surface area contributed by atoms with E-state index in [-0.39, 0.29) is 16.3 Å². The van der Waals surface area contributed by atoms with Gasteiger partial charge in [-0.15, -0.1) is 0 Å². The molecule has 7 heteroatoms. The Morgan fingerprint density at radius 3 is 2.58 bits per heavy atom. The maximum Gasteiger partial charge on any atom is 0.416 e. The molecule has 104 valence electrons. The Morgan fingerprint density at radius 1 is 1.42 bits per heavy atom. The van der Waals surface area contributed by atoms with Crippen molar-refractivity contribution < 1.29 is 18.0 Å². The molecule has 1 unspecified atom stereocenters. The quantitative estimate of drug-likeness (QED) is 0.902. The van der Waals surface area contributed by atoms with Gasteiger partial charge in [-0.25, -0.2) is 0 Å². The number of benzene rings is 1. The van der Waals surface area contributed by atoms with Gasteiger partial charge in [0.2, 0.25) is 5.91 Å². The molecule has 0 radical (unpaired) electrons. The number of hydrogen-bond acceptors (Lipinski definition) is 2. The number of amides is 1. The number of nitrogens with zero attached hydrogens (tertiary/aromatic N) is 1. The lowest BCUT2D eigenvalue weighted by Gasteiger charge is -2.19. The molecule has 1 amide bonds. The van der Waals surface area contributed by atoms with Gasteiger partial charge in [0, 0.05) is 17.4 Å². The summed E-state index contributed by atoms with van der Waals surface area (Å²) in [6.07, 6.45) is -4.06. The molecule has 19 heavy (non-hydrogen) atoms. The molecule has 1 saturated heterocycles. The van der Waals surface area contributed by atoms with Gasteiger partial charge in [-0.3, -0.25) is 4.79 Å². The fourth-order valence-electron chi connectivity index (χ4n) is 2.07. The average molecular weight is 337 g/mol. The molecule has 1 aliphatic rings. The van der Waals surface area contributed by atoms with E-state index in [1.165, 1.54) is 11.0 Å². The first-order valence-electron chi connectivity index (χ1n) is 5.70. The normalized spacial score (nSPS) is 20.2. The third kappa shape index (κ3) is 2.92. The number of halogens is 4. The number of hydrogen-bond donors (Lipinski definition) is 1. The molecule has 2 rings (SSSR count). The lowest BCUT2D eigenvalue weighted by Crippen LogP contribution is -2.26. The summed E-state index contributed by atoms with van der Waals surface area (Å²) in [6, 6.07) is 3.27. The van der Waals surface area contributed by atoms with Crippen LogP contribution >= 0.6 is 15.9 Å². The van der Waals surface area contributed by atoms with Crippen molar-refractivity contribution >= 4 is 27.5 Å². The molecule has 3 nitrogen and oxygen atoms in total. The Hall–Kier alpha value is -1.08. The lowest BCUT2D eigenvalue weighted by molar-refractivity contribution is -0.137. The van der Waals surface area contributed by atoms with E-state index in [1.807, 2.05) is 0 Å². The fraction of sp³-hybridized carbons (Fsp3) is 0.417. The zero-order chi connectivity index (χ0) is 14.2. The summed E-state index contributed by atoms with van der Waals surface area (Å²) in [4.78, 5) is 13.3. The second kappa shape index (κ2) is 5.13. The first-order valence-corrected chi connectivity index (χ1v) is 6.49. The van der Waals surface area contributed by atoms with Gasteiger partial charge in [0.15, 0.2) is 0 Å². The monoisotopic (exact) mass is 336 g/mol. The minimum Gasteiger partial charge on any atom is -0.330 e. The Labute approximate surface area is 116 Å². The number of rotatable bonds is 2. The molecule has 0 bridgehead atoms. The second-order valence-corrected chi connectivity index (χ2v) is 5.33. The van der Waals surface area contributed by atoms with Crippen LogP contribution in [-0.4, -0.2) is 19.0 Å². The smallest absolute Gasteiger partial charge is 0.330 e. The summed E-state index contributed by atoms with van der Waals surface area (Å²) < 4.78 is 37.9. The van der Waals surface area contributed by atoms with Gasteiger partial charge >= 0.3 is 6.18 Å². The molecule has 0 aromatic heterocycles. The van der Waals surface area contributed by atoms with Crippen molar-refractivity contribution in [3.8, 4) is 0 Å². The Kier molecular flexibility index (Phi) is 3.87. The van der Waals surface area contributed by atoms with Crippen molar-refractivity contribution in [3.63, 3.8) is 0 Å². The van der Waals surface area contributed by atoms with Gasteiger partial charge in [0.25, 0.3) is 0 Å². The van der Waals surface area contributed by atoms with Gasteiger partial charge in [-0.1, -0.05) is 0 Å². The standard InChI is InChI=1S/C12H12BrF3N2O/c13-9-4-8(12(14,15)16)1-2-10(9)18-6-7(5-17)3-11(18)19/h1-2,4,7H,3,5-6,17H2. The number of carbonyl (C=O) groups excluding carboxylic acids is 1. The van der Waals surface area contributed by atoms with E-state index in [0.717, 1.165) is 12.1 Å². The van der Waals surface area contributed by atoms with Crippen LogP contribution in [0.2, 0.25) is 0 Å². The maximum atomic E-state index is 12.6. The van der Waals surface area contributed by atoms with E-state index < -0.39 is 11.7 Å². The largest absolute Gasteiger partial charge is 0.416 e. The summed E-state index contributed by atoms with van der Waals surface area (Å²) >= 11 is 3.09.